The molecule has 1 N–H and O–H groups in total. The predicted molar refractivity (Wildman–Crippen MR) is 105 cm³/mol. The highest BCUT2D eigenvalue weighted by atomic mass is 32.2. The Morgan fingerprint density at radius 2 is 2.04 bits per heavy atom. The third kappa shape index (κ3) is 6.87. The van der Waals surface area contributed by atoms with Crippen LogP contribution in [0.1, 0.15) is 51.9 Å². The van der Waals surface area contributed by atoms with Crippen molar-refractivity contribution < 1.29 is 19.5 Å². The normalized spacial score (nSPS) is 27.5. The standard InChI is InChI=1S/C20H35NO4S/c1-3-4-6-12-24-13-11-16-17(19-10-9-18(16)25-19)15-26-14-7-5-8-20(22)21(2)23/h4,6,16-19,23H,3,5,7-15H2,1-2H3/t16-,17+,18-,19+/m0/s1. The largest absolute Gasteiger partial charge is 0.377 e. The summed E-state index contributed by atoms with van der Waals surface area (Å²) in [7, 11) is 1.39. The molecule has 2 heterocycles. The van der Waals surface area contributed by atoms with Gasteiger partial charge in [-0.1, -0.05) is 19.1 Å². The average Bonchev–Trinajstić information content (AvgIpc) is 3.22. The van der Waals surface area contributed by atoms with Crippen LogP contribution in [-0.2, 0) is 14.3 Å². The Labute approximate surface area is 162 Å². The number of hydroxylamine groups is 2. The van der Waals surface area contributed by atoms with Gasteiger partial charge in [-0.2, -0.15) is 11.8 Å². The van der Waals surface area contributed by atoms with Crippen LogP contribution in [-0.4, -0.2) is 60.2 Å². The zero-order valence-corrected chi connectivity index (χ0v) is 17.1. The van der Waals surface area contributed by atoms with Gasteiger partial charge < -0.3 is 9.47 Å². The van der Waals surface area contributed by atoms with Crippen molar-refractivity contribution in [3.63, 3.8) is 0 Å². The van der Waals surface area contributed by atoms with Crippen LogP contribution in [0, 0.1) is 11.8 Å². The van der Waals surface area contributed by atoms with E-state index >= 15 is 0 Å². The summed E-state index contributed by atoms with van der Waals surface area (Å²) in [5.74, 6) is 3.31. The zero-order valence-electron chi connectivity index (χ0n) is 16.3. The first-order chi connectivity index (χ1) is 12.6. The van der Waals surface area contributed by atoms with E-state index in [-0.39, 0.29) is 5.91 Å². The van der Waals surface area contributed by atoms with Crippen molar-refractivity contribution in [1.82, 2.24) is 5.06 Å². The van der Waals surface area contributed by atoms with Crippen molar-refractivity contribution >= 4 is 17.7 Å². The zero-order chi connectivity index (χ0) is 18.8. The fraction of sp³-hybridized carbons (Fsp3) is 0.850. The molecule has 1 amide bonds. The Morgan fingerprint density at radius 1 is 1.27 bits per heavy atom. The number of amides is 1. The number of allylic oxidation sites excluding steroid dienone is 1. The molecule has 2 saturated heterocycles. The molecule has 150 valence electrons. The van der Waals surface area contributed by atoms with Gasteiger partial charge in [-0.3, -0.25) is 10.0 Å². The van der Waals surface area contributed by atoms with E-state index in [1.807, 2.05) is 11.8 Å². The summed E-state index contributed by atoms with van der Waals surface area (Å²) in [6.07, 6.45) is 12.0. The van der Waals surface area contributed by atoms with Crippen LogP contribution in [0.3, 0.4) is 0 Å². The van der Waals surface area contributed by atoms with Gasteiger partial charge in [0.05, 0.1) is 18.8 Å². The molecule has 0 aromatic heterocycles. The van der Waals surface area contributed by atoms with Crippen molar-refractivity contribution in [2.24, 2.45) is 11.8 Å². The third-order valence-corrected chi connectivity index (χ3v) is 6.60. The molecule has 2 rings (SSSR count). The quantitative estimate of drug-likeness (QED) is 0.225. The molecular weight excluding hydrogens is 350 g/mol. The second-order valence-electron chi connectivity index (χ2n) is 7.31. The van der Waals surface area contributed by atoms with Crippen molar-refractivity contribution in [2.75, 3.05) is 31.8 Å². The molecule has 2 fully saturated rings. The number of hydrogen-bond acceptors (Lipinski definition) is 5. The summed E-state index contributed by atoms with van der Waals surface area (Å²) in [5.41, 5.74) is 0. The molecule has 5 nitrogen and oxygen atoms in total. The minimum Gasteiger partial charge on any atom is -0.377 e. The number of rotatable bonds is 13. The smallest absolute Gasteiger partial charge is 0.245 e. The van der Waals surface area contributed by atoms with E-state index in [1.54, 1.807) is 0 Å². The van der Waals surface area contributed by atoms with Gasteiger partial charge in [-0.25, -0.2) is 5.06 Å². The van der Waals surface area contributed by atoms with Crippen LogP contribution in [0.2, 0.25) is 0 Å². The van der Waals surface area contributed by atoms with E-state index in [2.05, 4.69) is 19.1 Å². The Morgan fingerprint density at radius 3 is 2.77 bits per heavy atom. The number of carbonyl (C=O) groups excluding carboxylic acids is 1. The SMILES string of the molecule is CCC=CCOCC[C@H]1[C@@H](CSCCCCC(=O)N(C)O)[C@H]2CC[C@@H]1O2. The molecule has 0 aliphatic carbocycles. The Hall–Kier alpha value is -0.560. The van der Waals surface area contributed by atoms with Crippen LogP contribution in [0.25, 0.3) is 0 Å². The van der Waals surface area contributed by atoms with E-state index in [9.17, 15) is 4.79 Å². The molecule has 2 aliphatic heterocycles. The number of fused-ring (bicyclic) bond motifs is 2. The van der Waals surface area contributed by atoms with Crippen molar-refractivity contribution in [3.05, 3.63) is 12.2 Å². The Kier molecular flexibility index (Phi) is 10.0. The first-order valence-electron chi connectivity index (χ1n) is 10.0. The van der Waals surface area contributed by atoms with E-state index in [0.717, 1.165) is 50.4 Å². The fourth-order valence-electron chi connectivity index (χ4n) is 3.97. The molecule has 2 bridgehead atoms. The average molecular weight is 386 g/mol. The van der Waals surface area contributed by atoms with Gasteiger partial charge in [-0.15, -0.1) is 0 Å². The highest BCUT2D eigenvalue weighted by Gasteiger charge is 2.47. The van der Waals surface area contributed by atoms with Crippen LogP contribution in [0.4, 0.5) is 0 Å². The lowest BCUT2D eigenvalue weighted by Crippen LogP contribution is -2.30. The van der Waals surface area contributed by atoms with Gasteiger partial charge in [0.1, 0.15) is 0 Å². The first kappa shape index (κ1) is 21.7. The number of carbonyl (C=O) groups is 1. The number of thioether (sulfide) groups is 1. The highest BCUT2D eigenvalue weighted by Crippen LogP contribution is 2.46. The van der Waals surface area contributed by atoms with Crippen LogP contribution >= 0.6 is 11.8 Å². The molecule has 26 heavy (non-hydrogen) atoms. The van der Waals surface area contributed by atoms with Crippen LogP contribution in [0.5, 0.6) is 0 Å². The van der Waals surface area contributed by atoms with E-state index in [4.69, 9.17) is 14.7 Å². The van der Waals surface area contributed by atoms with Gasteiger partial charge in [-0.05, 0) is 61.9 Å². The van der Waals surface area contributed by atoms with Crippen molar-refractivity contribution in [3.8, 4) is 0 Å². The topological polar surface area (TPSA) is 59.0 Å². The molecular formula is C20H35NO4S. The molecule has 2 aliphatic rings. The number of ether oxygens (including phenoxy) is 2. The Bertz CT molecular complexity index is 444. The minimum absolute atomic E-state index is 0.203. The first-order valence-corrected chi connectivity index (χ1v) is 11.2. The van der Waals surface area contributed by atoms with E-state index in [1.165, 1.54) is 19.9 Å². The fourth-order valence-corrected chi connectivity index (χ4v) is 5.28. The van der Waals surface area contributed by atoms with Crippen LogP contribution < -0.4 is 0 Å². The second-order valence-corrected chi connectivity index (χ2v) is 8.46. The van der Waals surface area contributed by atoms with Crippen molar-refractivity contribution in [2.45, 2.75) is 64.1 Å². The molecule has 0 radical (unpaired) electrons. The summed E-state index contributed by atoms with van der Waals surface area (Å²) < 4.78 is 11.9. The lowest BCUT2D eigenvalue weighted by atomic mass is 9.79. The van der Waals surface area contributed by atoms with Gasteiger partial charge in [0.2, 0.25) is 5.91 Å². The predicted octanol–water partition coefficient (Wildman–Crippen LogP) is 3.90. The maximum absolute atomic E-state index is 11.3. The van der Waals surface area contributed by atoms with Crippen LogP contribution in [0.15, 0.2) is 12.2 Å². The summed E-state index contributed by atoms with van der Waals surface area (Å²) in [6.45, 7) is 3.67. The molecule has 0 aromatic rings. The summed E-state index contributed by atoms with van der Waals surface area (Å²) in [6, 6.07) is 0. The lowest BCUT2D eigenvalue weighted by molar-refractivity contribution is -0.159. The van der Waals surface area contributed by atoms with Crippen molar-refractivity contribution in [1.29, 1.82) is 0 Å². The Balaban J connectivity index is 1.60. The minimum atomic E-state index is -0.203. The molecule has 0 aromatic carbocycles. The molecule has 0 saturated carbocycles. The third-order valence-electron chi connectivity index (χ3n) is 5.40. The number of nitrogens with zero attached hydrogens (tertiary/aromatic N) is 1. The monoisotopic (exact) mass is 385 g/mol. The highest BCUT2D eigenvalue weighted by molar-refractivity contribution is 7.99. The number of unbranched alkanes of at least 4 members (excludes halogenated alkanes) is 1. The second kappa shape index (κ2) is 12.0. The summed E-state index contributed by atoms with van der Waals surface area (Å²) in [4.78, 5) is 11.3. The number of hydrogen-bond donors (Lipinski definition) is 1. The summed E-state index contributed by atoms with van der Waals surface area (Å²) in [5, 5.41) is 9.72. The van der Waals surface area contributed by atoms with Gasteiger partial charge in [0.15, 0.2) is 0 Å². The van der Waals surface area contributed by atoms with Gasteiger partial charge in [0, 0.05) is 20.1 Å². The molecule has 4 atom stereocenters. The van der Waals surface area contributed by atoms with Gasteiger partial charge >= 0.3 is 0 Å². The molecule has 0 spiro atoms. The maximum Gasteiger partial charge on any atom is 0.245 e. The summed E-state index contributed by atoms with van der Waals surface area (Å²) >= 11 is 1.98. The molecule has 6 heteroatoms. The lowest BCUT2D eigenvalue weighted by Gasteiger charge is -2.27. The van der Waals surface area contributed by atoms with E-state index in [0.29, 0.717) is 35.5 Å². The maximum atomic E-state index is 11.3. The molecule has 0 unspecified atom stereocenters. The van der Waals surface area contributed by atoms with E-state index < -0.39 is 0 Å². The van der Waals surface area contributed by atoms with Gasteiger partial charge in [0.25, 0.3) is 0 Å².